The van der Waals surface area contributed by atoms with Crippen LogP contribution in [-0.2, 0) is 36.7 Å². The zero-order valence-electron chi connectivity index (χ0n) is 22.0. The summed E-state index contributed by atoms with van der Waals surface area (Å²) in [6, 6.07) is 0. The van der Waals surface area contributed by atoms with Gasteiger partial charge in [-0.1, -0.05) is 0 Å². The van der Waals surface area contributed by atoms with Gasteiger partial charge in [0, 0.05) is 0 Å². The van der Waals surface area contributed by atoms with Crippen LogP contribution in [0, 0.1) is 0 Å². The second-order valence-corrected chi connectivity index (χ2v) is 12.7. The van der Waals surface area contributed by atoms with Crippen LogP contribution in [-0.4, -0.2) is 104 Å². The van der Waals surface area contributed by atoms with E-state index in [2.05, 4.69) is 29.9 Å². The van der Waals surface area contributed by atoms with Crippen LogP contribution in [0.15, 0.2) is 25.3 Å². The number of nitrogens with two attached hydrogens (primary N) is 2. The van der Waals surface area contributed by atoms with E-state index in [1.54, 1.807) is 0 Å². The Kier molecular flexibility index (Phi) is 7.14. The summed E-state index contributed by atoms with van der Waals surface area (Å²) < 4.78 is 76.6. The topological polar surface area (TPSA) is 289 Å². The molecule has 3 aliphatic rings. The lowest BCUT2D eigenvalue weighted by molar-refractivity contribution is -0.0671. The molecule has 0 aliphatic carbocycles. The smallest absolute Gasteiger partial charge is 0.387 e. The molecule has 10 atom stereocenters. The second kappa shape index (κ2) is 10.7. The number of ether oxygens (including phenoxy) is 2. The third kappa shape index (κ3) is 5.03. The third-order valence-corrected chi connectivity index (χ3v) is 9.19. The molecule has 3 aliphatic heterocycles. The first-order valence-corrected chi connectivity index (χ1v) is 15.7. The molecular weight excluding hydrogens is 637 g/mol. The van der Waals surface area contributed by atoms with Crippen molar-refractivity contribution >= 4 is 49.6 Å². The van der Waals surface area contributed by atoms with Crippen LogP contribution in [0.2, 0.25) is 0 Å². The summed E-state index contributed by atoms with van der Waals surface area (Å²) in [6.45, 7) is -1.68. The van der Waals surface area contributed by atoms with Crippen molar-refractivity contribution in [2.75, 3.05) is 24.7 Å². The van der Waals surface area contributed by atoms with Crippen LogP contribution < -0.4 is 11.5 Å². The fraction of sp³-hybridized carbons (Fsp3) is 0.500. The summed E-state index contributed by atoms with van der Waals surface area (Å²) in [5.74, 6) is 0.0318. The van der Waals surface area contributed by atoms with Gasteiger partial charge in [-0.25, -0.2) is 43.4 Å². The normalized spacial score (nSPS) is 38.3. The Hall–Kier alpha value is -3.27. The molecule has 24 heteroatoms. The molecule has 236 valence electrons. The summed E-state index contributed by atoms with van der Waals surface area (Å²) in [4.78, 5) is 45.1. The molecule has 0 spiro atoms. The Balaban J connectivity index is 1.20. The highest BCUT2D eigenvalue weighted by Crippen LogP contribution is 2.54. The summed E-state index contributed by atoms with van der Waals surface area (Å²) in [5, 5.41) is 11.0. The van der Waals surface area contributed by atoms with Gasteiger partial charge in [0.2, 0.25) is 0 Å². The highest BCUT2D eigenvalue weighted by molar-refractivity contribution is 7.47. The maximum Gasteiger partial charge on any atom is 0.472 e. The average Bonchev–Trinajstić information content (AvgIpc) is 3.73. The van der Waals surface area contributed by atoms with Gasteiger partial charge in [0.15, 0.2) is 41.6 Å². The molecule has 7 rings (SSSR count). The largest absolute Gasteiger partial charge is 0.472 e. The van der Waals surface area contributed by atoms with Crippen molar-refractivity contribution in [3.63, 3.8) is 0 Å². The van der Waals surface area contributed by atoms with Gasteiger partial charge in [0.1, 0.15) is 54.2 Å². The number of alkyl halides is 1. The Morgan fingerprint density at radius 1 is 0.773 bits per heavy atom. The first-order valence-electron chi connectivity index (χ1n) is 12.7. The van der Waals surface area contributed by atoms with Crippen LogP contribution >= 0.6 is 15.6 Å². The van der Waals surface area contributed by atoms with Crippen LogP contribution in [0.1, 0.15) is 12.5 Å². The lowest BCUT2D eigenvalue weighted by atomic mass is 10.1. The van der Waals surface area contributed by atoms with Crippen LogP contribution in [0.25, 0.3) is 22.3 Å². The number of halogens is 1. The second-order valence-electron chi connectivity index (χ2n) is 9.90. The lowest BCUT2D eigenvalue weighted by Crippen LogP contribution is -2.35. The van der Waals surface area contributed by atoms with E-state index in [9.17, 15) is 24.0 Å². The minimum atomic E-state index is -5.10. The Labute approximate surface area is 244 Å². The van der Waals surface area contributed by atoms with Crippen molar-refractivity contribution in [1.29, 1.82) is 0 Å². The van der Waals surface area contributed by atoms with E-state index in [1.165, 1.54) is 10.9 Å². The third-order valence-electron chi connectivity index (χ3n) is 7.22. The number of nitrogen functional groups attached to an aromatic ring is 2. The van der Waals surface area contributed by atoms with Crippen molar-refractivity contribution < 1.29 is 56.0 Å². The predicted octanol–water partition coefficient (Wildman–Crippen LogP) is -0.658. The Morgan fingerprint density at radius 2 is 1.27 bits per heavy atom. The lowest BCUT2D eigenvalue weighted by Gasteiger charge is -2.25. The number of aliphatic hydroxyl groups excluding tert-OH is 1. The summed E-state index contributed by atoms with van der Waals surface area (Å²) in [6.07, 6.45) is -8.72. The predicted molar refractivity (Wildman–Crippen MR) is 139 cm³/mol. The van der Waals surface area contributed by atoms with Gasteiger partial charge in [0.05, 0.1) is 25.9 Å². The summed E-state index contributed by atoms with van der Waals surface area (Å²) >= 11 is 0. The number of aliphatic hydroxyl groups is 1. The molecule has 0 saturated carbocycles. The monoisotopic (exact) mass is 660 g/mol. The number of aromatic nitrogens is 8. The summed E-state index contributed by atoms with van der Waals surface area (Å²) in [5.41, 5.74) is 12.1. The molecular formula is C20H23FN10O11P2. The van der Waals surface area contributed by atoms with Crippen molar-refractivity contribution in [2.24, 2.45) is 0 Å². The van der Waals surface area contributed by atoms with Gasteiger partial charge in [-0.15, -0.1) is 0 Å². The molecule has 7 N–H and O–H groups in total. The van der Waals surface area contributed by atoms with Crippen LogP contribution in [0.5, 0.6) is 0 Å². The number of phosphoric acid groups is 2. The van der Waals surface area contributed by atoms with E-state index in [0.717, 1.165) is 23.5 Å². The maximum atomic E-state index is 15.9. The average molecular weight is 660 g/mol. The number of hydrogen-bond donors (Lipinski definition) is 5. The Morgan fingerprint density at radius 3 is 1.86 bits per heavy atom. The molecule has 3 fully saturated rings. The van der Waals surface area contributed by atoms with E-state index in [1.807, 2.05) is 0 Å². The van der Waals surface area contributed by atoms with Gasteiger partial charge in [-0.05, 0) is 0 Å². The molecule has 4 aromatic heterocycles. The molecule has 7 heterocycles. The fourth-order valence-electron chi connectivity index (χ4n) is 5.19. The number of rotatable bonds is 2. The zero-order valence-corrected chi connectivity index (χ0v) is 23.7. The van der Waals surface area contributed by atoms with Crippen LogP contribution in [0.3, 0.4) is 0 Å². The SMILES string of the molecule is Nc1ncnc2c1ncn2[C@@H]1O[C@@H]2COP(=O)(O)O[C@H]3C(O)[C@@H](COP(=O)(O)O[C@@H]2C1F)O[C@H]3n1cnc2c(N)ncnc21. The van der Waals surface area contributed by atoms with Crippen LogP contribution in [0.4, 0.5) is 16.0 Å². The fourth-order valence-corrected chi connectivity index (χ4v) is 7.08. The van der Waals surface area contributed by atoms with Crippen molar-refractivity contribution in [1.82, 2.24) is 39.0 Å². The van der Waals surface area contributed by atoms with Gasteiger partial charge in [-0.3, -0.25) is 27.2 Å². The Bertz CT molecular complexity index is 1830. The molecule has 4 unspecified atom stereocenters. The first-order chi connectivity index (χ1) is 20.9. The molecule has 0 aromatic carbocycles. The van der Waals surface area contributed by atoms with E-state index in [4.69, 9.17) is 39.0 Å². The standard InChI is InChI=1S/C20H23FN10O11P2/c21-9-13-8(40-19(9)30-5-28-10-15(22)24-3-26-17(10)30)2-38-44(35,36)42-14-12(32)7(1-37-43(33,34)41-13)39-20(14)31-6-29-11-16(23)25-4-27-18(11)31/h3-9,12-14,19-20,32H,1-2H2,(H,33,34)(H,35,36)(H2,22,24,26)(H2,23,25,27)/t7-,8-,9?,12?,13+,14+,19-,20-/m1/s1. The molecule has 0 amide bonds. The van der Waals surface area contributed by atoms with Gasteiger partial charge in [-0.2, -0.15) is 0 Å². The van der Waals surface area contributed by atoms with Crippen molar-refractivity contribution in [3.05, 3.63) is 25.3 Å². The number of anilines is 2. The minimum absolute atomic E-state index is 0.00729. The van der Waals surface area contributed by atoms with Gasteiger partial charge >= 0.3 is 15.6 Å². The molecule has 21 nitrogen and oxygen atoms in total. The van der Waals surface area contributed by atoms with E-state index >= 15 is 4.39 Å². The van der Waals surface area contributed by atoms with Gasteiger partial charge in [0.25, 0.3) is 0 Å². The molecule has 2 bridgehead atoms. The molecule has 3 saturated heterocycles. The number of nitrogens with zero attached hydrogens (tertiary/aromatic N) is 8. The minimum Gasteiger partial charge on any atom is -0.387 e. The van der Waals surface area contributed by atoms with E-state index in [-0.39, 0.29) is 34.0 Å². The number of imidazole rings is 2. The molecule has 44 heavy (non-hydrogen) atoms. The van der Waals surface area contributed by atoms with Crippen molar-refractivity contribution in [2.45, 2.75) is 49.1 Å². The number of fused-ring (bicyclic) bond motifs is 5. The first kappa shape index (κ1) is 29.4. The highest BCUT2D eigenvalue weighted by Gasteiger charge is 2.54. The number of hydrogen-bond acceptors (Lipinski definition) is 17. The summed E-state index contributed by atoms with van der Waals surface area (Å²) in [7, 11) is -10.2. The van der Waals surface area contributed by atoms with E-state index in [0.29, 0.717) is 0 Å². The van der Waals surface area contributed by atoms with Gasteiger partial charge < -0.3 is 35.8 Å². The van der Waals surface area contributed by atoms with Crippen molar-refractivity contribution in [3.8, 4) is 0 Å². The highest BCUT2D eigenvalue weighted by atomic mass is 31.2. The maximum absolute atomic E-state index is 15.9. The molecule has 0 radical (unpaired) electrons. The van der Waals surface area contributed by atoms with E-state index < -0.39 is 78.0 Å². The quantitative estimate of drug-likeness (QED) is 0.167. The zero-order chi connectivity index (χ0) is 31.0. The number of phosphoric ester groups is 2. The molecule has 4 aromatic rings.